The Bertz CT molecular complexity index is 386. The van der Waals surface area contributed by atoms with Crippen molar-refractivity contribution in [3.05, 3.63) is 17.5 Å². The molecule has 2 rings (SSSR count). The minimum absolute atomic E-state index is 0.536. The minimum Gasteiger partial charge on any atom is -0.491 e. The van der Waals surface area contributed by atoms with Crippen LogP contribution in [0.1, 0.15) is 0 Å². The quantitative estimate of drug-likeness (QED) is 0.736. The van der Waals surface area contributed by atoms with Crippen molar-refractivity contribution in [2.75, 3.05) is 14.2 Å². The molecule has 2 heterocycles. The Morgan fingerprint density at radius 2 is 2.15 bits per heavy atom. The lowest BCUT2D eigenvalue weighted by Crippen LogP contribution is -1.92. The number of methoxy groups -OCH3 is 2. The molecule has 0 spiro atoms. The first kappa shape index (κ1) is 8.31. The van der Waals surface area contributed by atoms with Crippen molar-refractivity contribution >= 4 is 21.6 Å². The van der Waals surface area contributed by atoms with E-state index in [4.69, 9.17) is 9.47 Å². The summed E-state index contributed by atoms with van der Waals surface area (Å²) in [5.41, 5.74) is 0.947. The van der Waals surface area contributed by atoms with E-state index >= 15 is 0 Å². The molecule has 4 heteroatoms. The molecule has 13 heavy (non-hydrogen) atoms. The van der Waals surface area contributed by atoms with Crippen molar-refractivity contribution in [3.63, 3.8) is 0 Å². The van der Waals surface area contributed by atoms with Crippen LogP contribution in [0.2, 0.25) is 0 Å². The molecule has 0 aromatic carbocycles. The van der Waals surface area contributed by atoms with Crippen molar-refractivity contribution < 1.29 is 9.47 Å². The van der Waals surface area contributed by atoms with E-state index in [-0.39, 0.29) is 0 Å². The molecule has 0 saturated heterocycles. The summed E-state index contributed by atoms with van der Waals surface area (Å²) < 4.78 is 11.3. The predicted molar refractivity (Wildman–Crippen MR) is 52.7 cm³/mol. The highest BCUT2D eigenvalue weighted by Crippen LogP contribution is 2.30. The SMILES string of the molecule is COc1cc2sccc2nc1OC. The molecule has 68 valence electrons. The summed E-state index contributed by atoms with van der Waals surface area (Å²) in [6, 6.07) is 3.90. The molecule has 0 atom stereocenters. The second-order valence-electron chi connectivity index (χ2n) is 2.50. The number of fused-ring (bicyclic) bond motifs is 1. The molecule has 0 N–H and O–H groups in total. The highest BCUT2D eigenvalue weighted by molar-refractivity contribution is 7.17. The van der Waals surface area contributed by atoms with Crippen LogP contribution in [0.15, 0.2) is 17.5 Å². The van der Waals surface area contributed by atoms with Crippen LogP contribution < -0.4 is 9.47 Å². The lowest BCUT2D eigenvalue weighted by atomic mass is 10.4. The number of rotatable bonds is 2. The smallest absolute Gasteiger partial charge is 0.257 e. The number of ether oxygens (including phenoxy) is 2. The lowest BCUT2D eigenvalue weighted by molar-refractivity contribution is 0.345. The largest absolute Gasteiger partial charge is 0.491 e. The predicted octanol–water partition coefficient (Wildman–Crippen LogP) is 2.31. The van der Waals surface area contributed by atoms with Gasteiger partial charge in [0.05, 0.1) is 24.4 Å². The van der Waals surface area contributed by atoms with E-state index in [2.05, 4.69) is 4.98 Å². The molecule has 0 radical (unpaired) electrons. The fourth-order valence-corrected chi connectivity index (χ4v) is 1.91. The van der Waals surface area contributed by atoms with E-state index in [1.165, 1.54) is 0 Å². The zero-order valence-corrected chi connectivity index (χ0v) is 8.22. The summed E-state index contributed by atoms with van der Waals surface area (Å²) in [5, 5.41) is 2.00. The maximum Gasteiger partial charge on any atom is 0.257 e. The summed E-state index contributed by atoms with van der Waals surface area (Å²) in [7, 11) is 3.20. The molecule has 0 unspecified atom stereocenters. The fourth-order valence-electron chi connectivity index (χ4n) is 1.15. The first-order chi connectivity index (χ1) is 6.35. The summed E-state index contributed by atoms with van der Waals surface area (Å²) in [5.74, 6) is 1.21. The zero-order chi connectivity index (χ0) is 9.26. The van der Waals surface area contributed by atoms with Gasteiger partial charge in [-0.15, -0.1) is 11.3 Å². The van der Waals surface area contributed by atoms with Gasteiger partial charge in [-0.3, -0.25) is 0 Å². The van der Waals surface area contributed by atoms with Crippen molar-refractivity contribution in [3.8, 4) is 11.6 Å². The Morgan fingerprint density at radius 1 is 1.31 bits per heavy atom. The molecule has 0 bridgehead atoms. The van der Waals surface area contributed by atoms with E-state index in [1.54, 1.807) is 25.6 Å². The van der Waals surface area contributed by atoms with Crippen LogP contribution >= 0.6 is 11.3 Å². The van der Waals surface area contributed by atoms with Crippen molar-refractivity contribution in [2.45, 2.75) is 0 Å². The normalized spacial score (nSPS) is 10.3. The van der Waals surface area contributed by atoms with Crippen LogP contribution in [0.25, 0.3) is 10.2 Å². The van der Waals surface area contributed by atoms with Gasteiger partial charge in [-0.05, 0) is 11.4 Å². The second-order valence-corrected chi connectivity index (χ2v) is 3.45. The van der Waals surface area contributed by atoms with Crippen LogP contribution in [0.4, 0.5) is 0 Å². The maximum absolute atomic E-state index is 5.13. The first-order valence-corrected chi connectivity index (χ1v) is 4.69. The zero-order valence-electron chi connectivity index (χ0n) is 7.40. The fraction of sp³-hybridized carbons (Fsp3) is 0.222. The molecule has 0 fully saturated rings. The van der Waals surface area contributed by atoms with Gasteiger partial charge in [-0.25, -0.2) is 4.98 Å². The Labute approximate surface area is 79.9 Å². The van der Waals surface area contributed by atoms with Gasteiger partial charge >= 0.3 is 0 Å². The third kappa shape index (κ3) is 1.33. The number of thiophene rings is 1. The Hall–Kier alpha value is -1.29. The Morgan fingerprint density at radius 3 is 2.85 bits per heavy atom. The summed E-state index contributed by atoms with van der Waals surface area (Å²) in [6.07, 6.45) is 0. The van der Waals surface area contributed by atoms with E-state index in [0.29, 0.717) is 11.6 Å². The molecule has 2 aromatic heterocycles. The number of nitrogens with zero attached hydrogens (tertiary/aromatic N) is 1. The van der Waals surface area contributed by atoms with Gasteiger partial charge < -0.3 is 9.47 Å². The number of pyridine rings is 1. The van der Waals surface area contributed by atoms with Crippen LogP contribution in [-0.2, 0) is 0 Å². The molecule has 0 aliphatic heterocycles. The van der Waals surface area contributed by atoms with Gasteiger partial charge in [0.2, 0.25) is 0 Å². The molecule has 0 saturated carbocycles. The van der Waals surface area contributed by atoms with E-state index in [0.717, 1.165) is 10.2 Å². The van der Waals surface area contributed by atoms with Crippen LogP contribution in [0.5, 0.6) is 11.6 Å². The average molecular weight is 195 g/mol. The van der Waals surface area contributed by atoms with Crippen molar-refractivity contribution in [1.82, 2.24) is 4.98 Å². The standard InChI is InChI=1S/C9H9NO2S/c1-11-7-5-8-6(3-4-13-8)10-9(7)12-2/h3-5H,1-2H3. The molecule has 3 nitrogen and oxygen atoms in total. The van der Waals surface area contributed by atoms with Crippen LogP contribution in [-0.4, -0.2) is 19.2 Å². The van der Waals surface area contributed by atoms with Gasteiger partial charge in [0.1, 0.15) is 0 Å². The maximum atomic E-state index is 5.13. The molecule has 0 aliphatic carbocycles. The molecular formula is C9H9NO2S. The average Bonchev–Trinajstić information content (AvgIpc) is 2.62. The van der Waals surface area contributed by atoms with Crippen LogP contribution in [0, 0.1) is 0 Å². The lowest BCUT2D eigenvalue weighted by Gasteiger charge is -2.05. The third-order valence-corrected chi connectivity index (χ3v) is 2.63. The van der Waals surface area contributed by atoms with Crippen molar-refractivity contribution in [1.29, 1.82) is 0 Å². The molecule has 0 amide bonds. The van der Waals surface area contributed by atoms with Gasteiger partial charge in [0, 0.05) is 6.07 Å². The highest BCUT2D eigenvalue weighted by atomic mass is 32.1. The van der Waals surface area contributed by atoms with E-state index in [9.17, 15) is 0 Å². The first-order valence-electron chi connectivity index (χ1n) is 3.81. The monoisotopic (exact) mass is 195 g/mol. The van der Waals surface area contributed by atoms with Gasteiger partial charge in [0.25, 0.3) is 5.88 Å². The number of aromatic nitrogens is 1. The summed E-state index contributed by atoms with van der Waals surface area (Å²) in [6.45, 7) is 0. The summed E-state index contributed by atoms with van der Waals surface area (Å²) in [4.78, 5) is 4.29. The Kier molecular flexibility index (Phi) is 2.06. The number of hydrogen-bond acceptors (Lipinski definition) is 4. The van der Waals surface area contributed by atoms with Gasteiger partial charge in [-0.2, -0.15) is 0 Å². The van der Waals surface area contributed by atoms with E-state index in [1.807, 2.05) is 17.5 Å². The number of hydrogen-bond donors (Lipinski definition) is 0. The second kappa shape index (κ2) is 3.22. The topological polar surface area (TPSA) is 31.4 Å². The van der Waals surface area contributed by atoms with E-state index < -0.39 is 0 Å². The molecule has 0 aliphatic rings. The third-order valence-electron chi connectivity index (χ3n) is 1.78. The molecule has 2 aromatic rings. The minimum atomic E-state index is 0.536. The van der Waals surface area contributed by atoms with Crippen molar-refractivity contribution in [2.24, 2.45) is 0 Å². The Balaban J connectivity index is 2.67. The highest BCUT2D eigenvalue weighted by Gasteiger charge is 2.07. The van der Waals surface area contributed by atoms with Crippen LogP contribution in [0.3, 0.4) is 0 Å². The van der Waals surface area contributed by atoms with Gasteiger partial charge in [-0.1, -0.05) is 0 Å². The molecular weight excluding hydrogens is 186 g/mol. The van der Waals surface area contributed by atoms with Gasteiger partial charge in [0.15, 0.2) is 5.75 Å². The summed E-state index contributed by atoms with van der Waals surface area (Å²) >= 11 is 1.64.